The molecule has 2 rings (SSSR count). The third kappa shape index (κ3) is 2.16. The quantitative estimate of drug-likeness (QED) is 0.779. The summed E-state index contributed by atoms with van der Waals surface area (Å²) < 4.78 is 37.6. The summed E-state index contributed by atoms with van der Waals surface area (Å²) in [5, 5.41) is -2.61. The van der Waals surface area contributed by atoms with E-state index in [1.54, 1.807) is 32.0 Å². The smallest absolute Gasteiger partial charge is 0.306 e. The number of carbonyl (C=O) groups is 1. The maximum atomic E-state index is 15.1. The molecule has 0 fully saturated rings. The number of benzene rings is 1. The van der Waals surface area contributed by atoms with Crippen LogP contribution in [-0.4, -0.2) is 24.4 Å². The fourth-order valence-electron chi connectivity index (χ4n) is 2.24. The summed E-state index contributed by atoms with van der Waals surface area (Å²) in [6, 6.07) is 6.54. The van der Waals surface area contributed by atoms with Gasteiger partial charge in [-0.2, -0.15) is 0 Å². The van der Waals surface area contributed by atoms with Crippen LogP contribution in [0.2, 0.25) is 0 Å². The number of hydrogen-bond donors (Lipinski definition) is 0. The molecule has 0 radical (unpaired) electrons. The molecule has 0 heterocycles. The molecule has 1 aliphatic rings. The summed E-state index contributed by atoms with van der Waals surface area (Å²) in [4.78, 5) is 12.2. The normalized spacial score (nSPS) is 22.6. The molecule has 1 unspecified atom stereocenters. The van der Waals surface area contributed by atoms with Gasteiger partial charge in [0.2, 0.25) is 5.78 Å². The first-order valence-electron chi connectivity index (χ1n) is 6.19. The largest absolute Gasteiger partial charge is 0.376 e. The number of Topliss-reactive ketones (excluding diaryl/α,β-unsaturated/α-hetero) is 1. The third-order valence-corrected chi connectivity index (χ3v) is 5.49. The molecule has 1 aromatic rings. The Morgan fingerprint density at radius 2 is 1.84 bits per heavy atom. The summed E-state index contributed by atoms with van der Waals surface area (Å²) in [5.74, 6) is -0.812. The van der Waals surface area contributed by atoms with E-state index in [4.69, 9.17) is 9.05 Å². The Kier molecular flexibility index (Phi) is 3.90. The van der Waals surface area contributed by atoms with Gasteiger partial charge >= 0.3 is 7.60 Å². The monoisotopic (exact) mass is 286 g/mol. The minimum Gasteiger partial charge on any atom is -0.306 e. The fraction of sp³-hybridized carbons (Fsp3) is 0.462. The molecule has 0 spiro atoms. The van der Waals surface area contributed by atoms with Gasteiger partial charge in [-0.05, 0) is 19.4 Å². The molecule has 0 N–H and O–H groups in total. The highest BCUT2D eigenvalue weighted by atomic mass is 31.2. The maximum Gasteiger partial charge on any atom is 0.376 e. The van der Waals surface area contributed by atoms with E-state index in [2.05, 4.69) is 0 Å². The number of halogens is 1. The second-order valence-corrected chi connectivity index (χ2v) is 6.48. The summed E-state index contributed by atoms with van der Waals surface area (Å²) in [5.41, 5.74) is 0.791. The lowest BCUT2D eigenvalue weighted by atomic mass is 10.1. The van der Waals surface area contributed by atoms with Gasteiger partial charge in [0.15, 0.2) is 0 Å². The van der Waals surface area contributed by atoms with E-state index >= 15 is 4.39 Å². The molecule has 0 saturated heterocycles. The van der Waals surface area contributed by atoms with Crippen molar-refractivity contribution in [2.45, 2.75) is 25.7 Å². The lowest BCUT2D eigenvalue weighted by molar-refractivity contribution is 0.0771. The van der Waals surface area contributed by atoms with Crippen molar-refractivity contribution in [2.24, 2.45) is 0 Å². The van der Waals surface area contributed by atoms with Crippen LogP contribution in [0.3, 0.4) is 0 Å². The maximum absolute atomic E-state index is 15.1. The zero-order valence-electron chi connectivity index (χ0n) is 10.9. The predicted molar refractivity (Wildman–Crippen MR) is 69.2 cm³/mol. The molecule has 0 aromatic heterocycles. The average Bonchev–Trinajstić information content (AvgIpc) is 2.64. The number of fused-ring (bicyclic) bond motifs is 1. The van der Waals surface area contributed by atoms with E-state index in [1.807, 2.05) is 0 Å². The number of rotatable bonds is 5. The van der Waals surface area contributed by atoms with Gasteiger partial charge in [0.05, 0.1) is 13.2 Å². The van der Waals surface area contributed by atoms with Crippen LogP contribution in [0.25, 0.3) is 0 Å². The lowest BCUT2D eigenvalue weighted by Gasteiger charge is -2.27. The van der Waals surface area contributed by atoms with Gasteiger partial charge in [-0.15, -0.1) is 0 Å². The Balaban J connectivity index is 2.45. The van der Waals surface area contributed by atoms with Crippen molar-refractivity contribution in [2.75, 3.05) is 13.2 Å². The molecule has 0 aliphatic heterocycles. The van der Waals surface area contributed by atoms with Crippen molar-refractivity contribution in [3.8, 4) is 0 Å². The first-order valence-corrected chi connectivity index (χ1v) is 7.73. The summed E-state index contributed by atoms with van der Waals surface area (Å²) in [6.07, 6.45) is -0.265. The van der Waals surface area contributed by atoms with Crippen LogP contribution in [0, 0.1) is 0 Å². The van der Waals surface area contributed by atoms with Crippen LogP contribution >= 0.6 is 7.60 Å². The summed E-state index contributed by atoms with van der Waals surface area (Å²) in [6.45, 7) is 3.21. The van der Waals surface area contributed by atoms with E-state index in [9.17, 15) is 9.36 Å². The SMILES string of the molecule is CCOP(=O)(OCC)C1(F)Cc2ccccc2C1=O. The van der Waals surface area contributed by atoms with Crippen molar-refractivity contribution in [1.29, 1.82) is 0 Å². The van der Waals surface area contributed by atoms with Crippen molar-refractivity contribution in [3.05, 3.63) is 35.4 Å². The van der Waals surface area contributed by atoms with Crippen LogP contribution in [-0.2, 0) is 20.0 Å². The Labute approximate surface area is 111 Å². The molecule has 19 heavy (non-hydrogen) atoms. The van der Waals surface area contributed by atoms with Crippen LogP contribution < -0.4 is 0 Å². The molecule has 0 saturated carbocycles. The molecule has 1 aromatic carbocycles. The molecule has 6 heteroatoms. The molecule has 1 aliphatic carbocycles. The average molecular weight is 286 g/mol. The van der Waals surface area contributed by atoms with Crippen LogP contribution in [0.1, 0.15) is 29.8 Å². The predicted octanol–water partition coefficient (Wildman–Crippen LogP) is 3.36. The summed E-state index contributed by atoms with van der Waals surface area (Å²) >= 11 is 0. The first-order chi connectivity index (χ1) is 8.98. The van der Waals surface area contributed by atoms with Gasteiger partial charge in [-0.3, -0.25) is 9.36 Å². The van der Waals surface area contributed by atoms with Crippen LogP contribution in [0.4, 0.5) is 4.39 Å². The topological polar surface area (TPSA) is 52.6 Å². The van der Waals surface area contributed by atoms with E-state index in [1.165, 1.54) is 6.07 Å². The van der Waals surface area contributed by atoms with Gasteiger partial charge in [-0.25, -0.2) is 4.39 Å². The highest BCUT2D eigenvalue weighted by Gasteiger charge is 2.61. The zero-order valence-corrected chi connectivity index (χ0v) is 11.8. The van der Waals surface area contributed by atoms with Crippen molar-refractivity contribution < 1.29 is 22.8 Å². The number of alkyl halides is 1. The molecule has 1 atom stereocenters. The van der Waals surface area contributed by atoms with Gasteiger partial charge in [0, 0.05) is 12.0 Å². The van der Waals surface area contributed by atoms with E-state index < -0.39 is 18.8 Å². The molecule has 0 amide bonds. The number of carbonyl (C=O) groups excluding carboxylic acids is 1. The molecular weight excluding hydrogens is 270 g/mol. The highest BCUT2D eigenvalue weighted by Crippen LogP contribution is 2.65. The van der Waals surface area contributed by atoms with Crippen molar-refractivity contribution in [3.63, 3.8) is 0 Å². The Morgan fingerprint density at radius 1 is 1.26 bits per heavy atom. The van der Waals surface area contributed by atoms with Crippen molar-refractivity contribution in [1.82, 2.24) is 0 Å². The molecule has 0 bridgehead atoms. The van der Waals surface area contributed by atoms with Crippen LogP contribution in [0.5, 0.6) is 0 Å². The second kappa shape index (κ2) is 5.16. The number of ketones is 1. The summed E-state index contributed by atoms with van der Waals surface area (Å²) in [7, 11) is -4.13. The van der Waals surface area contributed by atoms with Gasteiger partial charge in [0.25, 0.3) is 5.41 Å². The van der Waals surface area contributed by atoms with Crippen LogP contribution in [0.15, 0.2) is 24.3 Å². The molecular formula is C13H16FO4P. The Morgan fingerprint density at radius 3 is 2.37 bits per heavy atom. The molecule has 4 nitrogen and oxygen atoms in total. The lowest BCUT2D eigenvalue weighted by Crippen LogP contribution is -2.32. The van der Waals surface area contributed by atoms with Gasteiger partial charge in [-0.1, -0.05) is 24.3 Å². The third-order valence-electron chi connectivity index (χ3n) is 3.07. The second-order valence-electron chi connectivity index (χ2n) is 4.26. The number of hydrogen-bond acceptors (Lipinski definition) is 4. The first kappa shape index (κ1) is 14.4. The Hall–Kier alpha value is -1.03. The standard InChI is InChI=1S/C13H16FO4P/c1-3-17-19(16,18-4-2)13(14)9-10-7-5-6-8-11(10)12(13)15/h5-8H,3-4,9H2,1-2H3. The van der Waals surface area contributed by atoms with Gasteiger partial charge in [0.1, 0.15) is 0 Å². The zero-order chi connectivity index (χ0) is 14.1. The van der Waals surface area contributed by atoms with Crippen molar-refractivity contribution >= 4 is 13.4 Å². The highest BCUT2D eigenvalue weighted by molar-refractivity contribution is 7.56. The molecule has 104 valence electrons. The van der Waals surface area contributed by atoms with E-state index in [0.29, 0.717) is 5.56 Å². The van der Waals surface area contributed by atoms with Gasteiger partial charge < -0.3 is 9.05 Å². The minimum absolute atomic E-state index is 0.0204. The fourth-order valence-corrected chi connectivity index (χ4v) is 4.13. The minimum atomic E-state index is -4.13. The Bertz CT molecular complexity index is 535. The van der Waals surface area contributed by atoms with E-state index in [-0.39, 0.29) is 25.2 Å². The van der Waals surface area contributed by atoms with E-state index in [0.717, 1.165) is 0 Å².